The van der Waals surface area contributed by atoms with Crippen LogP contribution in [0.5, 0.6) is 0 Å². The van der Waals surface area contributed by atoms with Crippen LogP contribution in [0.2, 0.25) is 0 Å². The summed E-state index contributed by atoms with van der Waals surface area (Å²) in [6, 6.07) is 6.54. The number of hydrogen-bond donors (Lipinski definition) is 1. The van der Waals surface area contributed by atoms with Crippen LogP contribution in [0.25, 0.3) is 0 Å². The van der Waals surface area contributed by atoms with Crippen molar-refractivity contribution in [2.75, 3.05) is 13.2 Å². The third-order valence-electron chi connectivity index (χ3n) is 4.84. The monoisotopic (exact) mass is 260 g/mol. The summed E-state index contributed by atoms with van der Waals surface area (Å²) in [5.74, 6) is -1.14. The maximum absolute atomic E-state index is 11.3. The minimum Gasteiger partial charge on any atom is -0.481 e. The fourth-order valence-electron chi connectivity index (χ4n) is 3.27. The number of aryl methyl sites for hydroxylation is 2. The smallest absolute Gasteiger partial charge is 0.307 e. The Kier molecular flexibility index (Phi) is 3.09. The molecule has 19 heavy (non-hydrogen) atoms. The minimum atomic E-state index is -0.735. The lowest BCUT2D eigenvalue weighted by molar-refractivity contribution is -0.155. The van der Waals surface area contributed by atoms with Gasteiger partial charge in [-0.3, -0.25) is 4.79 Å². The molecule has 1 aromatic rings. The summed E-state index contributed by atoms with van der Waals surface area (Å²) < 4.78 is 5.34. The number of fused-ring (bicyclic) bond motifs is 1. The maximum Gasteiger partial charge on any atom is 0.307 e. The van der Waals surface area contributed by atoms with E-state index in [9.17, 15) is 9.90 Å². The maximum atomic E-state index is 11.3. The molecule has 1 aromatic carbocycles. The van der Waals surface area contributed by atoms with E-state index < -0.39 is 11.9 Å². The van der Waals surface area contributed by atoms with E-state index in [1.807, 2.05) is 0 Å². The molecule has 1 aliphatic heterocycles. The number of aliphatic carboxylic acids is 1. The Bertz CT molecular complexity index is 503. The topological polar surface area (TPSA) is 46.5 Å². The Balaban J connectivity index is 1.98. The van der Waals surface area contributed by atoms with Gasteiger partial charge in [-0.15, -0.1) is 0 Å². The van der Waals surface area contributed by atoms with E-state index in [1.54, 1.807) is 6.92 Å². The molecule has 2 aliphatic rings. The molecule has 1 N–H and O–H groups in total. The lowest BCUT2D eigenvalue weighted by atomic mass is 9.68. The molecule has 1 saturated heterocycles. The summed E-state index contributed by atoms with van der Waals surface area (Å²) in [6.07, 6.45) is 4.80. The highest BCUT2D eigenvalue weighted by molar-refractivity contribution is 5.72. The van der Waals surface area contributed by atoms with Gasteiger partial charge in [0.2, 0.25) is 0 Å². The van der Waals surface area contributed by atoms with Crippen molar-refractivity contribution < 1.29 is 14.6 Å². The Morgan fingerprint density at radius 3 is 2.53 bits per heavy atom. The standard InChI is InChI=1S/C16H20O3/c1-11(15(17)18)16(9-19-10-16)14-7-6-12-4-2-3-5-13(12)8-14/h6-8,11H,2-5,9-10H2,1H3,(H,17,18). The molecular weight excluding hydrogens is 240 g/mol. The summed E-state index contributed by atoms with van der Waals surface area (Å²) in [5, 5.41) is 9.33. The van der Waals surface area contributed by atoms with E-state index in [4.69, 9.17) is 4.74 Å². The van der Waals surface area contributed by atoms with Crippen LogP contribution in [0, 0.1) is 5.92 Å². The summed E-state index contributed by atoms with van der Waals surface area (Å²) in [5.41, 5.74) is 3.67. The number of rotatable bonds is 3. The van der Waals surface area contributed by atoms with E-state index in [1.165, 1.54) is 24.0 Å². The van der Waals surface area contributed by atoms with Crippen molar-refractivity contribution in [3.05, 3.63) is 34.9 Å². The third kappa shape index (κ3) is 1.96. The Morgan fingerprint density at radius 1 is 1.26 bits per heavy atom. The summed E-state index contributed by atoms with van der Waals surface area (Å²) >= 11 is 0. The van der Waals surface area contributed by atoms with Crippen LogP contribution < -0.4 is 0 Å². The predicted molar refractivity (Wildman–Crippen MR) is 72.4 cm³/mol. The van der Waals surface area contributed by atoms with Crippen LogP contribution in [0.4, 0.5) is 0 Å². The number of carbonyl (C=O) groups is 1. The Labute approximate surface area is 113 Å². The average molecular weight is 260 g/mol. The molecule has 1 atom stereocenters. The Morgan fingerprint density at radius 2 is 1.95 bits per heavy atom. The van der Waals surface area contributed by atoms with Crippen molar-refractivity contribution in [3.63, 3.8) is 0 Å². The summed E-state index contributed by atoms with van der Waals surface area (Å²) in [7, 11) is 0. The van der Waals surface area contributed by atoms with Crippen LogP contribution >= 0.6 is 0 Å². The number of benzene rings is 1. The van der Waals surface area contributed by atoms with E-state index in [2.05, 4.69) is 18.2 Å². The molecule has 1 fully saturated rings. The van der Waals surface area contributed by atoms with Gasteiger partial charge >= 0.3 is 5.97 Å². The predicted octanol–water partition coefficient (Wildman–Crippen LogP) is 2.55. The first-order valence-corrected chi connectivity index (χ1v) is 7.06. The number of carboxylic acid groups (broad SMARTS) is 1. The molecule has 1 heterocycles. The van der Waals surface area contributed by atoms with Crippen molar-refractivity contribution in [2.45, 2.75) is 38.0 Å². The highest BCUT2D eigenvalue weighted by Crippen LogP contribution is 2.41. The first kappa shape index (κ1) is 12.7. The van der Waals surface area contributed by atoms with Gasteiger partial charge in [0, 0.05) is 0 Å². The van der Waals surface area contributed by atoms with E-state index >= 15 is 0 Å². The third-order valence-corrected chi connectivity index (χ3v) is 4.84. The largest absolute Gasteiger partial charge is 0.481 e. The second-order valence-electron chi connectivity index (χ2n) is 5.90. The summed E-state index contributed by atoms with van der Waals surface area (Å²) in [4.78, 5) is 11.3. The molecule has 1 unspecified atom stereocenters. The molecule has 3 heteroatoms. The first-order chi connectivity index (χ1) is 9.13. The highest BCUT2D eigenvalue weighted by Gasteiger charge is 2.48. The zero-order valence-corrected chi connectivity index (χ0v) is 11.3. The lowest BCUT2D eigenvalue weighted by Gasteiger charge is -2.45. The van der Waals surface area contributed by atoms with Gasteiger partial charge in [-0.25, -0.2) is 0 Å². The molecule has 0 bridgehead atoms. The molecule has 3 rings (SSSR count). The van der Waals surface area contributed by atoms with Gasteiger partial charge in [0.25, 0.3) is 0 Å². The van der Waals surface area contributed by atoms with Crippen LogP contribution in [0.15, 0.2) is 18.2 Å². The molecule has 0 saturated carbocycles. The zero-order chi connectivity index (χ0) is 13.5. The molecule has 1 aliphatic carbocycles. The van der Waals surface area contributed by atoms with E-state index in [0.29, 0.717) is 13.2 Å². The number of hydrogen-bond acceptors (Lipinski definition) is 2. The molecule has 0 aromatic heterocycles. The van der Waals surface area contributed by atoms with Crippen LogP contribution in [-0.2, 0) is 27.8 Å². The van der Waals surface area contributed by atoms with E-state index in [-0.39, 0.29) is 5.41 Å². The normalized spacial score (nSPS) is 22.2. The fourth-order valence-corrected chi connectivity index (χ4v) is 3.27. The minimum absolute atomic E-state index is 0.321. The number of carboxylic acids is 1. The molecule has 102 valence electrons. The van der Waals surface area contributed by atoms with Crippen molar-refractivity contribution >= 4 is 5.97 Å². The SMILES string of the molecule is CC(C(=O)O)C1(c2ccc3c(c2)CCCC3)COC1. The van der Waals surface area contributed by atoms with Gasteiger partial charge in [-0.05, 0) is 42.4 Å². The van der Waals surface area contributed by atoms with Crippen molar-refractivity contribution in [3.8, 4) is 0 Å². The quantitative estimate of drug-likeness (QED) is 0.908. The highest BCUT2D eigenvalue weighted by atomic mass is 16.5. The van der Waals surface area contributed by atoms with Crippen molar-refractivity contribution in [1.82, 2.24) is 0 Å². The van der Waals surface area contributed by atoms with Gasteiger partial charge in [-0.2, -0.15) is 0 Å². The van der Waals surface area contributed by atoms with Crippen molar-refractivity contribution in [2.24, 2.45) is 5.92 Å². The average Bonchev–Trinajstić information content (AvgIpc) is 2.37. The molecule has 0 spiro atoms. The lowest BCUT2D eigenvalue weighted by Crippen LogP contribution is -2.53. The van der Waals surface area contributed by atoms with Gasteiger partial charge in [0.05, 0.1) is 24.5 Å². The Hall–Kier alpha value is -1.35. The zero-order valence-electron chi connectivity index (χ0n) is 11.3. The van der Waals surface area contributed by atoms with Crippen LogP contribution in [-0.4, -0.2) is 24.3 Å². The number of ether oxygens (including phenoxy) is 1. The molecule has 0 radical (unpaired) electrons. The van der Waals surface area contributed by atoms with Gasteiger partial charge in [0.15, 0.2) is 0 Å². The van der Waals surface area contributed by atoms with E-state index in [0.717, 1.165) is 18.4 Å². The van der Waals surface area contributed by atoms with Crippen molar-refractivity contribution in [1.29, 1.82) is 0 Å². The molecular formula is C16H20O3. The molecule has 0 amide bonds. The fraction of sp³-hybridized carbons (Fsp3) is 0.562. The summed E-state index contributed by atoms with van der Waals surface area (Å²) in [6.45, 7) is 2.85. The second kappa shape index (κ2) is 4.64. The van der Waals surface area contributed by atoms with Gasteiger partial charge in [0.1, 0.15) is 0 Å². The van der Waals surface area contributed by atoms with Gasteiger partial charge < -0.3 is 9.84 Å². The van der Waals surface area contributed by atoms with Crippen LogP contribution in [0.3, 0.4) is 0 Å². The first-order valence-electron chi connectivity index (χ1n) is 7.06. The second-order valence-corrected chi connectivity index (χ2v) is 5.90. The van der Waals surface area contributed by atoms with Gasteiger partial charge in [-0.1, -0.05) is 25.1 Å². The molecule has 3 nitrogen and oxygen atoms in total. The van der Waals surface area contributed by atoms with Crippen LogP contribution in [0.1, 0.15) is 36.5 Å².